The normalized spacial score (nSPS) is 13.8. The summed E-state index contributed by atoms with van der Waals surface area (Å²) < 4.78 is 62.0. The van der Waals surface area contributed by atoms with Crippen LogP contribution in [-0.4, -0.2) is 22.2 Å². The second-order valence-electron chi connectivity index (χ2n) is 2.99. The molecule has 1 heterocycles. The van der Waals surface area contributed by atoms with Crippen molar-refractivity contribution in [2.45, 2.75) is 12.1 Å². The summed E-state index contributed by atoms with van der Waals surface area (Å²) in [4.78, 5) is 3.39. The lowest BCUT2D eigenvalue weighted by atomic mass is 10.1. The van der Waals surface area contributed by atoms with Gasteiger partial charge in [0.2, 0.25) is 0 Å². The lowest BCUT2D eigenvalue weighted by Gasteiger charge is -2.19. The van der Waals surface area contributed by atoms with E-state index in [4.69, 9.17) is 10.9 Å². The van der Waals surface area contributed by atoms with Gasteiger partial charge >= 0.3 is 12.1 Å². The summed E-state index contributed by atoms with van der Waals surface area (Å²) in [5, 5.41) is 10.7. The first kappa shape index (κ1) is 13.1. The summed E-state index contributed by atoms with van der Waals surface area (Å²) >= 11 is 0. The zero-order valence-electron chi connectivity index (χ0n) is 8.04. The molecular weight excluding hydrogens is 249 g/mol. The first-order valence-corrected chi connectivity index (χ1v) is 4.09. The number of rotatable bonds is 2. The number of nitrogens with two attached hydrogens (primary N) is 1. The SMILES string of the molecule is NC(=NO)c1cc(C(F)(F)C(F)(F)F)ccn1. The lowest BCUT2D eigenvalue weighted by molar-refractivity contribution is -0.289. The predicted octanol–water partition coefficient (Wildman–Crippen LogP) is 1.83. The van der Waals surface area contributed by atoms with Gasteiger partial charge < -0.3 is 10.9 Å². The summed E-state index contributed by atoms with van der Waals surface area (Å²) in [6, 6.07) is 0.907. The Morgan fingerprint density at radius 2 is 1.88 bits per heavy atom. The van der Waals surface area contributed by atoms with E-state index < -0.39 is 29.2 Å². The van der Waals surface area contributed by atoms with Gasteiger partial charge in [-0.25, -0.2) is 0 Å². The Kier molecular flexibility index (Phi) is 3.21. The monoisotopic (exact) mass is 255 g/mol. The minimum Gasteiger partial charge on any atom is -0.409 e. The fraction of sp³-hybridized carbons (Fsp3) is 0.250. The van der Waals surface area contributed by atoms with Crippen LogP contribution in [0.5, 0.6) is 0 Å². The standard InChI is InChI=1S/C8H6F5N3O/c9-7(10,8(11,12)13)4-1-2-15-5(3-4)6(14)16-17/h1-3,17H,(H2,14,16). The topological polar surface area (TPSA) is 71.5 Å². The molecule has 0 aliphatic heterocycles. The van der Waals surface area contributed by atoms with Crippen molar-refractivity contribution >= 4 is 5.84 Å². The van der Waals surface area contributed by atoms with Gasteiger partial charge in [0, 0.05) is 11.8 Å². The van der Waals surface area contributed by atoms with Crippen LogP contribution in [0.2, 0.25) is 0 Å². The van der Waals surface area contributed by atoms with Crippen LogP contribution in [0.1, 0.15) is 11.3 Å². The molecule has 0 atom stereocenters. The van der Waals surface area contributed by atoms with E-state index in [2.05, 4.69) is 10.1 Å². The Hall–Kier alpha value is -1.93. The van der Waals surface area contributed by atoms with Crippen LogP contribution in [0.4, 0.5) is 22.0 Å². The largest absolute Gasteiger partial charge is 0.458 e. The maximum absolute atomic E-state index is 12.9. The van der Waals surface area contributed by atoms with Crippen molar-refractivity contribution in [2.24, 2.45) is 10.9 Å². The van der Waals surface area contributed by atoms with Crippen LogP contribution in [0.3, 0.4) is 0 Å². The molecule has 17 heavy (non-hydrogen) atoms. The molecular formula is C8H6F5N3O. The summed E-state index contributed by atoms with van der Waals surface area (Å²) in [6.07, 6.45) is -5.01. The highest BCUT2D eigenvalue weighted by Crippen LogP contribution is 2.43. The minimum atomic E-state index is -5.73. The molecule has 94 valence electrons. The molecule has 0 spiro atoms. The van der Waals surface area contributed by atoms with Gasteiger partial charge in [-0.2, -0.15) is 22.0 Å². The Bertz CT molecular complexity index is 443. The second kappa shape index (κ2) is 4.15. The first-order valence-electron chi connectivity index (χ1n) is 4.09. The Labute approximate surface area is 91.6 Å². The quantitative estimate of drug-likeness (QED) is 0.278. The van der Waals surface area contributed by atoms with E-state index >= 15 is 0 Å². The highest BCUT2D eigenvalue weighted by atomic mass is 19.4. The van der Waals surface area contributed by atoms with Gasteiger partial charge in [0.1, 0.15) is 5.69 Å². The van der Waals surface area contributed by atoms with Gasteiger partial charge in [0.05, 0.1) is 0 Å². The number of pyridine rings is 1. The Balaban J connectivity index is 3.25. The summed E-state index contributed by atoms with van der Waals surface area (Å²) in [5.41, 5.74) is 3.22. The maximum Gasteiger partial charge on any atom is 0.458 e. The predicted molar refractivity (Wildman–Crippen MR) is 46.7 cm³/mol. The smallest absolute Gasteiger partial charge is 0.409 e. The molecule has 0 radical (unpaired) electrons. The number of nitrogens with zero attached hydrogens (tertiary/aromatic N) is 2. The van der Waals surface area contributed by atoms with Gasteiger partial charge in [-0.3, -0.25) is 4.98 Å². The van der Waals surface area contributed by atoms with Crippen molar-refractivity contribution in [1.82, 2.24) is 4.98 Å². The molecule has 3 N–H and O–H groups in total. The van der Waals surface area contributed by atoms with Gasteiger partial charge in [-0.15, -0.1) is 0 Å². The van der Waals surface area contributed by atoms with Gasteiger partial charge in [-0.1, -0.05) is 5.16 Å². The molecule has 0 saturated heterocycles. The molecule has 0 aromatic carbocycles. The highest BCUT2D eigenvalue weighted by molar-refractivity contribution is 5.95. The third-order valence-electron chi connectivity index (χ3n) is 1.85. The molecule has 4 nitrogen and oxygen atoms in total. The third kappa shape index (κ3) is 2.43. The van der Waals surface area contributed by atoms with E-state index in [1.807, 2.05) is 0 Å². The zero-order chi connectivity index (χ0) is 13.3. The molecule has 1 aromatic rings. The van der Waals surface area contributed by atoms with Crippen LogP contribution >= 0.6 is 0 Å². The Morgan fingerprint density at radius 3 is 2.35 bits per heavy atom. The van der Waals surface area contributed by atoms with E-state index in [0.29, 0.717) is 18.3 Å². The van der Waals surface area contributed by atoms with Crippen LogP contribution in [0, 0.1) is 0 Å². The molecule has 0 aliphatic carbocycles. The molecule has 1 aromatic heterocycles. The van der Waals surface area contributed by atoms with Crippen molar-refractivity contribution < 1.29 is 27.2 Å². The van der Waals surface area contributed by atoms with E-state index in [-0.39, 0.29) is 0 Å². The van der Waals surface area contributed by atoms with Crippen molar-refractivity contribution in [3.05, 3.63) is 29.6 Å². The summed E-state index contributed by atoms with van der Waals surface area (Å²) in [6.45, 7) is 0. The van der Waals surface area contributed by atoms with Gasteiger partial charge in [-0.05, 0) is 12.1 Å². The van der Waals surface area contributed by atoms with E-state index in [0.717, 1.165) is 0 Å². The number of hydrogen-bond donors (Lipinski definition) is 2. The minimum absolute atomic E-state index is 0.405. The number of oxime groups is 1. The van der Waals surface area contributed by atoms with Crippen LogP contribution in [0.15, 0.2) is 23.5 Å². The number of halogens is 5. The van der Waals surface area contributed by atoms with Crippen molar-refractivity contribution in [3.8, 4) is 0 Å². The maximum atomic E-state index is 12.9. The molecule has 0 unspecified atom stereocenters. The second-order valence-corrected chi connectivity index (χ2v) is 2.99. The van der Waals surface area contributed by atoms with Crippen molar-refractivity contribution in [3.63, 3.8) is 0 Å². The van der Waals surface area contributed by atoms with E-state index in [1.165, 1.54) is 0 Å². The average molecular weight is 255 g/mol. The molecule has 0 saturated carbocycles. The average Bonchev–Trinajstić information content (AvgIpc) is 2.26. The molecule has 0 fully saturated rings. The van der Waals surface area contributed by atoms with E-state index in [9.17, 15) is 22.0 Å². The van der Waals surface area contributed by atoms with E-state index in [1.54, 1.807) is 0 Å². The number of aromatic nitrogens is 1. The van der Waals surface area contributed by atoms with Crippen molar-refractivity contribution in [1.29, 1.82) is 0 Å². The fourth-order valence-electron chi connectivity index (χ4n) is 0.981. The lowest BCUT2D eigenvalue weighted by Crippen LogP contribution is -2.34. The molecule has 0 aliphatic rings. The number of alkyl halides is 5. The molecule has 1 rings (SSSR count). The van der Waals surface area contributed by atoms with Gasteiger partial charge in [0.15, 0.2) is 5.84 Å². The van der Waals surface area contributed by atoms with Crippen LogP contribution in [-0.2, 0) is 5.92 Å². The number of hydrogen-bond acceptors (Lipinski definition) is 3. The molecule has 9 heteroatoms. The molecule has 0 amide bonds. The fourth-order valence-corrected chi connectivity index (χ4v) is 0.981. The van der Waals surface area contributed by atoms with Crippen molar-refractivity contribution in [2.75, 3.05) is 0 Å². The summed E-state index contributed by atoms with van der Waals surface area (Å²) in [5.74, 6) is -5.69. The number of amidine groups is 1. The highest BCUT2D eigenvalue weighted by Gasteiger charge is 2.58. The van der Waals surface area contributed by atoms with Gasteiger partial charge in [0.25, 0.3) is 0 Å². The zero-order valence-corrected chi connectivity index (χ0v) is 8.04. The third-order valence-corrected chi connectivity index (χ3v) is 1.85. The van der Waals surface area contributed by atoms with Crippen LogP contribution < -0.4 is 5.73 Å². The van der Waals surface area contributed by atoms with Crippen LogP contribution in [0.25, 0.3) is 0 Å². The summed E-state index contributed by atoms with van der Waals surface area (Å²) in [7, 11) is 0. The molecule has 0 bridgehead atoms. The Morgan fingerprint density at radius 1 is 1.29 bits per heavy atom. The first-order chi connectivity index (χ1) is 7.70.